The number of rotatable bonds is 4. The molecular weight excluding hydrogens is 344 g/mol. The average Bonchev–Trinajstić information content (AvgIpc) is 2.42. The molecule has 1 unspecified atom stereocenters. The highest BCUT2D eigenvalue weighted by atomic mass is 19.4. The van der Waals surface area contributed by atoms with Gasteiger partial charge in [-0.1, -0.05) is 12.1 Å². The molecule has 0 aliphatic rings. The summed E-state index contributed by atoms with van der Waals surface area (Å²) in [6.07, 6.45) is -12.2. The number of alkyl halides is 6. The first-order valence-corrected chi connectivity index (χ1v) is 6.55. The number of nitrogens with zero attached hydrogens (tertiary/aromatic N) is 1. The molecule has 0 aromatic heterocycles. The zero-order valence-corrected chi connectivity index (χ0v) is 12.8. The number of carboxylic acids is 1. The summed E-state index contributed by atoms with van der Waals surface area (Å²) < 4.78 is 78.8. The summed E-state index contributed by atoms with van der Waals surface area (Å²) in [6.45, 7) is 0.946. The van der Waals surface area contributed by atoms with Crippen LogP contribution in [0.2, 0.25) is 0 Å². The van der Waals surface area contributed by atoms with E-state index in [1.54, 1.807) is 0 Å². The minimum absolute atomic E-state index is 0.172. The number of hydrogen-bond donors (Lipinski definition) is 2. The molecule has 1 aromatic rings. The van der Waals surface area contributed by atoms with E-state index in [9.17, 15) is 36.2 Å². The fourth-order valence-electron chi connectivity index (χ4n) is 2.30. The van der Waals surface area contributed by atoms with Crippen molar-refractivity contribution in [3.8, 4) is 0 Å². The highest BCUT2D eigenvalue weighted by molar-refractivity contribution is 5.80. The topological polar surface area (TPSA) is 60.8 Å². The van der Waals surface area contributed by atoms with E-state index in [0.29, 0.717) is 6.07 Å². The number of anilines is 1. The molecule has 0 amide bonds. The van der Waals surface area contributed by atoms with Crippen LogP contribution in [-0.2, 0) is 10.4 Å². The van der Waals surface area contributed by atoms with Gasteiger partial charge in [-0.15, -0.1) is 0 Å². The van der Waals surface area contributed by atoms with Crippen molar-refractivity contribution in [1.29, 1.82) is 0 Å². The lowest BCUT2D eigenvalue weighted by Gasteiger charge is -2.36. The fourth-order valence-corrected chi connectivity index (χ4v) is 2.30. The van der Waals surface area contributed by atoms with E-state index in [2.05, 4.69) is 0 Å². The molecule has 0 aliphatic heterocycles. The zero-order chi connectivity index (χ0) is 19.1. The van der Waals surface area contributed by atoms with Gasteiger partial charge >= 0.3 is 18.3 Å². The van der Waals surface area contributed by atoms with Crippen LogP contribution < -0.4 is 4.90 Å². The van der Waals surface area contributed by atoms with Gasteiger partial charge in [-0.2, -0.15) is 26.3 Å². The highest BCUT2D eigenvalue weighted by Gasteiger charge is 2.72. The van der Waals surface area contributed by atoms with E-state index < -0.39 is 41.0 Å². The second kappa shape index (κ2) is 6.15. The number of carboxylic acid groups (broad SMARTS) is 1. The molecule has 2 N–H and O–H groups in total. The maximum atomic E-state index is 13.1. The van der Waals surface area contributed by atoms with Gasteiger partial charge in [-0.25, -0.2) is 0 Å². The van der Waals surface area contributed by atoms with Crippen molar-refractivity contribution in [3.63, 3.8) is 0 Å². The van der Waals surface area contributed by atoms with Gasteiger partial charge in [-0.3, -0.25) is 4.79 Å². The van der Waals surface area contributed by atoms with Crippen LogP contribution >= 0.6 is 0 Å². The Morgan fingerprint density at radius 1 is 1.08 bits per heavy atom. The number of hydrogen-bond acceptors (Lipinski definition) is 3. The molecule has 4 nitrogen and oxygen atoms in total. The lowest BCUT2D eigenvalue weighted by Crippen LogP contribution is -2.54. The van der Waals surface area contributed by atoms with E-state index in [1.165, 1.54) is 25.1 Å². The van der Waals surface area contributed by atoms with Crippen LogP contribution in [0.1, 0.15) is 24.0 Å². The predicted octanol–water partition coefficient (Wildman–Crippen LogP) is 3.25. The second-order valence-electron chi connectivity index (χ2n) is 5.40. The summed E-state index contributed by atoms with van der Waals surface area (Å²) in [4.78, 5) is 12.4. The molecule has 1 aromatic carbocycles. The molecule has 10 heteroatoms. The molecule has 0 saturated carbocycles. The first kappa shape index (κ1) is 20.1. The number of aliphatic carboxylic acids is 1. The summed E-state index contributed by atoms with van der Waals surface area (Å²) in [6, 6.07) is 2.50. The molecule has 0 fully saturated rings. The Bertz CT molecular complexity index is 610. The molecule has 1 rings (SSSR count). The van der Waals surface area contributed by atoms with Crippen LogP contribution in [0.5, 0.6) is 0 Å². The molecule has 0 saturated heterocycles. The van der Waals surface area contributed by atoms with Crippen molar-refractivity contribution in [2.24, 2.45) is 0 Å². The van der Waals surface area contributed by atoms with Crippen LogP contribution in [-0.4, -0.2) is 42.6 Å². The van der Waals surface area contributed by atoms with Gasteiger partial charge in [0.05, 0.1) is 5.92 Å². The summed E-state index contributed by atoms with van der Waals surface area (Å²) in [5.74, 6) is -3.34. The molecule has 0 heterocycles. The van der Waals surface area contributed by atoms with Gasteiger partial charge in [-0.05, 0) is 18.6 Å². The van der Waals surface area contributed by atoms with E-state index in [4.69, 9.17) is 5.11 Å². The van der Waals surface area contributed by atoms with Crippen molar-refractivity contribution in [2.75, 3.05) is 19.0 Å². The summed E-state index contributed by atoms with van der Waals surface area (Å²) >= 11 is 0. The molecule has 136 valence electrons. The Balaban J connectivity index is 3.93. The summed E-state index contributed by atoms with van der Waals surface area (Å²) in [7, 11) is 2.66. The maximum Gasteiger partial charge on any atom is 0.430 e. The average molecular weight is 359 g/mol. The Morgan fingerprint density at radius 3 is 1.88 bits per heavy atom. The third kappa shape index (κ3) is 3.14. The van der Waals surface area contributed by atoms with Crippen LogP contribution in [0.15, 0.2) is 18.2 Å². The predicted molar refractivity (Wildman–Crippen MR) is 72.8 cm³/mol. The Hall–Kier alpha value is -1.97. The highest BCUT2D eigenvalue weighted by Crippen LogP contribution is 2.52. The molecule has 0 spiro atoms. The molecule has 1 atom stereocenters. The van der Waals surface area contributed by atoms with Crippen LogP contribution in [0, 0.1) is 0 Å². The molecule has 0 aliphatic carbocycles. The molecule has 0 radical (unpaired) electrons. The Labute approximate surface area is 133 Å². The summed E-state index contributed by atoms with van der Waals surface area (Å²) in [5, 5.41) is 18.7. The van der Waals surface area contributed by atoms with Gasteiger partial charge in [0.25, 0.3) is 5.60 Å². The van der Waals surface area contributed by atoms with Gasteiger partial charge in [0.2, 0.25) is 0 Å². The lowest BCUT2D eigenvalue weighted by atomic mass is 9.82. The Kier molecular flexibility index (Phi) is 5.15. The standard InChI is InChI=1S/C14H15F6NO3/c1-7(11(22)23)10-8(5-4-6-9(10)21(2)3)12(24,13(15,16)17)14(18,19)20/h4-7,24H,1-3H3,(H,22,23). The number of halogens is 6. The van der Waals surface area contributed by atoms with Crippen molar-refractivity contribution in [3.05, 3.63) is 29.3 Å². The smallest absolute Gasteiger partial charge is 0.430 e. The van der Waals surface area contributed by atoms with Crippen molar-refractivity contribution in [1.82, 2.24) is 0 Å². The molecular formula is C14H15F6NO3. The van der Waals surface area contributed by atoms with E-state index in [-0.39, 0.29) is 5.69 Å². The second-order valence-corrected chi connectivity index (χ2v) is 5.40. The van der Waals surface area contributed by atoms with Crippen molar-refractivity contribution < 1.29 is 41.4 Å². The first-order chi connectivity index (χ1) is 10.7. The van der Waals surface area contributed by atoms with Crippen LogP contribution in [0.4, 0.5) is 32.0 Å². The van der Waals surface area contributed by atoms with Gasteiger partial charge < -0.3 is 15.1 Å². The van der Waals surface area contributed by atoms with E-state index >= 15 is 0 Å². The third-order valence-corrected chi connectivity index (χ3v) is 3.58. The molecule has 24 heavy (non-hydrogen) atoms. The third-order valence-electron chi connectivity index (χ3n) is 3.58. The monoisotopic (exact) mass is 359 g/mol. The minimum Gasteiger partial charge on any atom is -0.481 e. The quantitative estimate of drug-likeness (QED) is 0.811. The van der Waals surface area contributed by atoms with E-state index in [1.807, 2.05) is 0 Å². The number of carbonyl (C=O) groups is 1. The van der Waals surface area contributed by atoms with Crippen molar-refractivity contribution >= 4 is 11.7 Å². The van der Waals surface area contributed by atoms with Gasteiger partial charge in [0.1, 0.15) is 0 Å². The van der Waals surface area contributed by atoms with Gasteiger partial charge in [0.15, 0.2) is 0 Å². The molecule has 0 bridgehead atoms. The van der Waals surface area contributed by atoms with Crippen molar-refractivity contribution in [2.45, 2.75) is 30.8 Å². The first-order valence-electron chi connectivity index (χ1n) is 6.55. The zero-order valence-electron chi connectivity index (χ0n) is 12.8. The van der Waals surface area contributed by atoms with Crippen LogP contribution in [0.25, 0.3) is 0 Å². The summed E-state index contributed by atoms with van der Waals surface area (Å²) in [5.41, 5.74) is -7.67. The SMILES string of the molecule is CC(C(=O)O)c1c(N(C)C)cccc1C(O)(C(F)(F)F)C(F)(F)F. The fraction of sp³-hybridized carbons (Fsp3) is 0.500. The number of aliphatic hydroxyl groups is 1. The van der Waals surface area contributed by atoms with Crippen LogP contribution in [0.3, 0.4) is 0 Å². The normalized spacial score (nSPS) is 14.4. The Morgan fingerprint density at radius 2 is 1.54 bits per heavy atom. The minimum atomic E-state index is -6.09. The van der Waals surface area contributed by atoms with Gasteiger partial charge in [0, 0.05) is 25.3 Å². The van der Waals surface area contributed by atoms with E-state index in [0.717, 1.165) is 13.0 Å². The maximum absolute atomic E-state index is 13.1. The number of benzene rings is 1. The largest absolute Gasteiger partial charge is 0.481 e. The lowest BCUT2D eigenvalue weighted by molar-refractivity contribution is -0.376.